The van der Waals surface area contributed by atoms with Crippen molar-refractivity contribution in [1.82, 2.24) is 10.2 Å². The summed E-state index contributed by atoms with van der Waals surface area (Å²) in [5.41, 5.74) is 1.90. The van der Waals surface area contributed by atoms with Crippen molar-refractivity contribution in [3.63, 3.8) is 0 Å². The van der Waals surface area contributed by atoms with E-state index in [4.69, 9.17) is 0 Å². The van der Waals surface area contributed by atoms with Crippen molar-refractivity contribution in [2.75, 3.05) is 5.32 Å². The number of benzene rings is 2. The van der Waals surface area contributed by atoms with Crippen LogP contribution in [0.5, 0.6) is 0 Å². The molecule has 30 heavy (non-hydrogen) atoms. The number of hydrogen-bond acceptors (Lipinski definition) is 3. The van der Waals surface area contributed by atoms with Gasteiger partial charge in [0.2, 0.25) is 0 Å². The van der Waals surface area contributed by atoms with Crippen LogP contribution in [0.1, 0.15) is 23.6 Å². The van der Waals surface area contributed by atoms with E-state index in [2.05, 4.69) is 15.5 Å². The first kappa shape index (κ1) is 20.9. The van der Waals surface area contributed by atoms with Gasteiger partial charge in [0, 0.05) is 16.8 Å². The second kappa shape index (κ2) is 8.66. The summed E-state index contributed by atoms with van der Waals surface area (Å²) >= 11 is 0. The Hall–Kier alpha value is -3.86. The van der Waals surface area contributed by atoms with Crippen LogP contribution in [0.15, 0.2) is 60.3 Å². The SMILES string of the molecule is CCc1ccc(-c2[nH]ncc2C=C(C#N)C(=O)Nc2cccc(C(F)(F)F)c2)cc1. The van der Waals surface area contributed by atoms with Crippen molar-refractivity contribution >= 4 is 17.7 Å². The minimum Gasteiger partial charge on any atom is -0.321 e. The van der Waals surface area contributed by atoms with Gasteiger partial charge in [-0.1, -0.05) is 37.3 Å². The molecule has 2 N–H and O–H groups in total. The van der Waals surface area contributed by atoms with E-state index in [9.17, 15) is 23.2 Å². The van der Waals surface area contributed by atoms with Crippen molar-refractivity contribution in [1.29, 1.82) is 5.26 Å². The smallest absolute Gasteiger partial charge is 0.321 e. The molecule has 1 amide bonds. The van der Waals surface area contributed by atoms with Crippen molar-refractivity contribution in [2.24, 2.45) is 0 Å². The van der Waals surface area contributed by atoms with E-state index in [0.29, 0.717) is 11.3 Å². The summed E-state index contributed by atoms with van der Waals surface area (Å²) in [6, 6.07) is 13.7. The first-order valence-electron chi connectivity index (χ1n) is 9.05. The number of aryl methyl sites for hydroxylation is 1. The van der Waals surface area contributed by atoms with Gasteiger partial charge in [-0.25, -0.2) is 0 Å². The molecule has 0 saturated heterocycles. The van der Waals surface area contributed by atoms with E-state index in [1.165, 1.54) is 24.4 Å². The topological polar surface area (TPSA) is 81.6 Å². The third-order valence-corrected chi connectivity index (χ3v) is 4.43. The predicted octanol–water partition coefficient (Wildman–Crippen LogP) is 5.20. The first-order valence-corrected chi connectivity index (χ1v) is 9.05. The number of hydrogen-bond donors (Lipinski definition) is 2. The number of rotatable bonds is 5. The Morgan fingerprint density at radius 3 is 2.60 bits per heavy atom. The summed E-state index contributed by atoms with van der Waals surface area (Å²) in [5, 5.41) is 18.5. The van der Waals surface area contributed by atoms with Gasteiger partial charge in [0.1, 0.15) is 11.6 Å². The van der Waals surface area contributed by atoms with Crippen LogP contribution in [0.2, 0.25) is 0 Å². The molecule has 1 aromatic heterocycles. The number of alkyl halides is 3. The lowest BCUT2D eigenvalue weighted by Gasteiger charge is -2.09. The molecule has 0 radical (unpaired) electrons. The summed E-state index contributed by atoms with van der Waals surface area (Å²) in [5.74, 6) is -0.815. The highest BCUT2D eigenvalue weighted by molar-refractivity contribution is 6.10. The van der Waals surface area contributed by atoms with Crippen LogP contribution in [0.3, 0.4) is 0 Å². The van der Waals surface area contributed by atoms with Gasteiger partial charge in [0.05, 0.1) is 17.5 Å². The standard InChI is InChI=1S/C22H17F3N4O/c1-2-14-6-8-15(9-7-14)20-17(13-27-29-20)10-16(12-26)21(30)28-19-5-3-4-18(11-19)22(23,24)25/h3-11,13H,2H2,1H3,(H,27,29)(H,28,30). The monoisotopic (exact) mass is 410 g/mol. The lowest BCUT2D eigenvalue weighted by molar-refractivity contribution is -0.137. The number of nitrogens with zero attached hydrogens (tertiary/aromatic N) is 2. The van der Waals surface area contributed by atoms with Crippen LogP contribution in [0.25, 0.3) is 17.3 Å². The maximum Gasteiger partial charge on any atom is 0.416 e. The van der Waals surface area contributed by atoms with Crippen LogP contribution < -0.4 is 5.32 Å². The van der Waals surface area contributed by atoms with Gasteiger partial charge in [-0.15, -0.1) is 0 Å². The van der Waals surface area contributed by atoms with Gasteiger partial charge in [0.25, 0.3) is 5.91 Å². The van der Waals surface area contributed by atoms with Gasteiger partial charge < -0.3 is 5.32 Å². The number of nitrogens with one attached hydrogen (secondary N) is 2. The van der Waals surface area contributed by atoms with Gasteiger partial charge in [-0.3, -0.25) is 9.89 Å². The minimum absolute atomic E-state index is 0.0569. The van der Waals surface area contributed by atoms with Crippen LogP contribution in [-0.4, -0.2) is 16.1 Å². The van der Waals surface area contributed by atoms with E-state index in [1.54, 1.807) is 6.07 Å². The average molecular weight is 410 g/mol. The molecule has 0 aliphatic rings. The zero-order valence-corrected chi connectivity index (χ0v) is 15.9. The molecule has 0 saturated carbocycles. The van der Waals surface area contributed by atoms with Crippen molar-refractivity contribution in [3.05, 3.63) is 77.0 Å². The maximum atomic E-state index is 12.8. The number of anilines is 1. The van der Waals surface area contributed by atoms with Crippen LogP contribution >= 0.6 is 0 Å². The molecule has 3 rings (SSSR count). The molecular weight excluding hydrogens is 393 g/mol. The summed E-state index contributed by atoms with van der Waals surface area (Å²) in [6.45, 7) is 2.04. The fourth-order valence-corrected chi connectivity index (χ4v) is 2.82. The quantitative estimate of drug-likeness (QED) is 0.448. The normalized spacial score (nSPS) is 11.8. The lowest BCUT2D eigenvalue weighted by Crippen LogP contribution is -2.14. The van der Waals surface area contributed by atoms with Crippen molar-refractivity contribution < 1.29 is 18.0 Å². The summed E-state index contributed by atoms with van der Waals surface area (Å²) in [4.78, 5) is 12.4. The van der Waals surface area contributed by atoms with Gasteiger partial charge >= 0.3 is 6.18 Å². The summed E-state index contributed by atoms with van der Waals surface area (Å²) < 4.78 is 38.5. The Morgan fingerprint density at radius 2 is 1.97 bits per heavy atom. The molecule has 0 atom stereocenters. The highest BCUT2D eigenvalue weighted by atomic mass is 19.4. The van der Waals surface area contributed by atoms with Crippen molar-refractivity contribution in [3.8, 4) is 17.3 Å². The fourth-order valence-electron chi connectivity index (χ4n) is 2.82. The van der Waals surface area contributed by atoms with E-state index in [1.807, 2.05) is 31.2 Å². The molecular formula is C22H17F3N4O. The molecule has 0 aliphatic heterocycles. The zero-order chi connectivity index (χ0) is 21.7. The molecule has 5 nitrogen and oxygen atoms in total. The maximum absolute atomic E-state index is 12.8. The van der Waals surface area contributed by atoms with E-state index in [0.717, 1.165) is 29.7 Å². The minimum atomic E-state index is -4.53. The lowest BCUT2D eigenvalue weighted by atomic mass is 10.0. The van der Waals surface area contributed by atoms with E-state index >= 15 is 0 Å². The molecule has 1 heterocycles. The highest BCUT2D eigenvalue weighted by Crippen LogP contribution is 2.31. The van der Waals surface area contributed by atoms with E-state index in [-0.39, 0.29) is 11.3 Å². The van der Waals surface area contributed by atoms with Crippen LogP contribution in [0, 0.1) is 11.3 Å². The second-order valence-electron chi connectivity index (χ2n) is 6.45. The number of halogens is 3. The van der Waals surface area contributed by atoms with Crippen LogP contribution in [0.4, 0.5) is 18.9 Å². The molecule has 8 heteroatoms. The fraction of sp³-hybridized carbons (Fsp3) is 0.136. The third-order valence-electron chi connectivity index (χ3n) is 4.43. The largest absolute Gasteiger partial charge is 0.416 e. The third kappa shape index (κ3) is 4.75. The summed E-state index contributed by atoms with van der Waals surface area (Å²) in [7, 11) is 0. The van der Waals surface area contributed by atoms with Gasteiger partial charge in [-0.05, 0) is 36.3 Å². The molecule has 152 valence electrons. The number of aromatic amines is 1. The molecule has 0 aliphatic carbocycles. The Kier molecular flexibility index (Phi) is 6.02. The first-order chi connectivity index (χ1) is 14.3. The molecule has 3 aromatic rings. The number of H-pyrrole nitrogens is 1. The second-order valence-corrected chi connectivity index (χ2v) is 6.45. The number of aromatic nitrogens is 2. The summed E-state index contributed by atoms with van der Waals surface area (Å²) in [6.07, 6.45) is -0.828. The number of amides is 1. The zero-order valence-electron chi connectivity index (χ0n) is 15.9. The Bertz CT molecular complexity index is 1120. The Balaban J connectivity index is 1.85. The highest BCUT2D eigenvalue weighted by Gasteiger charge is 2.30. The molecule has 0 spiro atoms. The number of carbonyl (C=O) groups excluding carboxylic acids is 1. The average Bonchev–Trinajstić information content (AvgIpc) is 3.19. The molecule has 0 bridgehead atoms. The molecule has 2 aromatic carbocycles. The Labute approximate surface area is 170 Å². The Morgan fingerprint density at radius 1 is 1.23 bits per heavy atom. The van der Waals surface area contributed by atoms with Gasteiger partial charge in [-0.2, -0.15) is 23.5 Å². The molecule has 0 unspecified atom stereocenters. The van der Waals surface area contributed by atoms with E-state index < -0.39 is 17.6 Å². The molecule has 0 fully saturated rings. The van der Waals surface area contributed by atoms with Crippen LogP contribution in [-0.2, 0) is 17.4 Å². The number of carbonyl (C=O) groups is 1. The predicted molar refractivity (Wildman–Crippen MR) is 107 cm³/mol. The van der Waals surface area contributed by atoms with Crippen molar-refractivity contribution in [2.45, 2.75) is 19.5 Å². The van der Waals surface area contributed by atoms with Gasteiger partial charge in [0.15, 0.2) is 0 Å². The number of nitriles is 1.